The monoisotopic (exact) mass is 238 g/mol. The molecule has 0 unspecified atom stereocenters. The van der Waals surface area contributed by atoms with E-state index < -0.39 is 0 Å². The fourth-order valence-corrected chi connectivity index (χ4v) is 1.17. The molecule has 0 fully saturated rings. The van der Waals surface area contributed by atoms with Gasteiger partial charge in [-0.05, 0) is 10.4 Å². The van der Waals surface area contributed by atoms with Crippen molar-refractivity contribution in [2.75, 3.05) is 21.3 Å². The Morgan fingerprint density at radius 2 is 1.94 bits per heavy atom. The first-order chi connectivity index (χ1) is 8.30. The van der Waals surface area contributed by atoms with Gasteiger partial charge in [0.1, 0.15) is 0 Å². The highest BCUT2D eigenvalue weighted by atomic mass is 16.5. The van der Waals surface area contributed by atoms with Crippen LogP contribution in [0.25, 0.3) is 5.82 Å². The van der Waals surface area contributed by atoms with Gasteiger partial charge < -0.3 is 14.2 Å². The Labute approximate surface area is 96.3 Å². The number of nitrogens with zero attached hydrogens (tertiary/aromatic N) is 6. The highest BCUT2D eigenvalue weighted by Crippen LogP contribution is 2.22. The Kier molecular flexibility index (Phi) is 2.99. The van der Waals surface area contributed by atoms with E-state index in [1.807, 2.05) is 0 Å². The Balaban J connectivity index is 2.51. The Bertz CT molecular complexity index is 514. The van der Waals surface area contributed by atoms with Crippen molar-refractivity contribution in [3.8, 4) is 23.6 Å². The molecule has 17 heavy (non-hydrogen) atoms. The first-order valence-electron chi connectivity index (χ1n) is 4.58. The van der Waals surface area contributed by atoms with Crippen LogP contribution in [0.3, 0.4) is 0 Å². The van der Waals surface area contributed by atoms with E-state index in [4.69, 9.17) is 14.2 Å². The van der Waals surface area contributed by atoms with Gasteiger partial charge in [0.15, 0.2) is 0 Å². The maximum absolute atomic E-state index is 5.09. The standard InChI is InChI=1S/C8H10N6O3/c1-15-5-4-9-6(7(10-5)16-2)14-8(17-3)11-12-13-14/h4H,1-3H3. The third kappa shape index (κ3) is 1.94. The Hall–Kier alpha value is -2.45. The molecule has 0 aliphatic carbocycles. The molecule has 0 amide bonds. The molecule has 0 aliphatic heterocycles. The number of hydrogen-bond acceptors (Lipinski definition) is 8. The molecule has 9 nitrogen and oxygen atoms in total. The second kappa shape index (κ2) is 4.60. The fourth-order valence-electron chi connectivity index (χ4n) is 1.17. The zero-order chi connectivity index (χ0) is 12.3. The molecular formula is C8H10N6O3. The molecule has 0 spiro atoms. The van der Waals surface area contributed by atoms with E-state index in [1.165, 1.54) is 32.2 Å². The number of ether oxygens (including phenoxy) is 3. The summed E-state index contributed by atoms with van der Waals surface area (Å²) < 4.78 is 16.3. The predicted octanol–water partition coefficient (Wildman–Crippen LogP) is -0.522. The minimum absolute atomic E-state index is 0.183. The molecule has 0 atom stereocenters. The average molecular weight is 238 g/mol. The molecule has 0 aliphatic rings. The zero-order valence-electron chi connectivity index (χ0n) is 9.49. The van der Waals surface area contributed by atoms with Crippen molar-refractivity contribution in [2.45, 2.75) is 0 Å². The summed E-state index contributed by atoms with van der Waals surface area (Å²) in [4.78, 5) is 8.16. The van der Waals surface area contributed by atoms with Gasteiger partial charge >= 0.3 is 6.01 Å². The molecule has 0 saturated carbocycles. The summed E-state index contributed by atoms with van der Waals surface area (Å²) >= 11 is 0. The normalized spacial score (nSPS) is 10.1. The highest BCUT2D eigenvalue weighted by molar-refractivity contribution is 5.36. The van der Waals surface area contributed by atoms with E-state index >= 15 is 0 Å². The lowest BCUT2D eigenvalue weighted by Gasteiger charge is -2.07. The van der Waals surface area contributed by atoms with Crippen molar-refractivity contribution in [3.63, 3.8) is 0 Å². The van der Waals surface area contributed by atoms with Gasteiger partial charge in [0.05, 0.1) is 27.5 Å². The Morgan fingerprint density at radius 1 is 1.12 bits per heavy atom. The largest absolute Gasteiger partial charge is 0.480 e. The van der Waals surface area contributed by atoms with Gasteiger partial charge in [-0.1, -0.05) is 5.10 Å². The van der Waals surface area contributed by atoms with Gasteiger partial charge in [-0.15, -0.1) is 4.68 Å². The number of hydrogen-bond donors (Lipinski definition) is 0. The van der Waals surface area contributed by atoms with Crippen molar-refractivity contribution in [1.29, 1.82) is 0 Å². The van der Waals surface area contributed by atoms with Gasteiger partial charge in [0, 0.05) is 0 Å². The van der Waals surface area contributed by atoms with Crippen LogP contribution in [-0.4, -0.2) is 51.5 Å². The molecular weight excluding hydrogens is 228 g/mol. The topological polar surface area (TPSA) is 97.1 Å². The zero-order valence-corrected chi connectivity index (χ0v) is 9.49. The molecule has 2 aromatic rings. The lowest BCUT2D eigenvalue weighted by molar-refractivity contribution is 0.347. The third-order valence-corrected chi connectivity index (χ3v) is 1.93. The van der Waals surface area contributed by atoms with Crippen molar-refractivity contribution in [2.24, 2.45) is 0 Å². The summed E-state index contributed by atoms with van der Waals surface area (Å²) in [6.45, 7) is 0. The van der Waals surface area contributed by atoms with Crippen LogP contribution >= 0.6 is 0 Å². The fraction of sp³-hybridized carbons (Fsp3) is 0.375. The molecule has 2 rings (SSSR count). The highest BCUT2D eigenvalue weighted by Gasteiger charge is 2.16. The number of tetrazole rings is 1. The summed E-state index contributed by atoms with van der Waals surface area (Å²) in [6.07, 6.45) is 1.43. The van der Waals surface area contributed by atoms with E-state index in [0.717, 1.165) is 0 Å². The molecule has 90 valence electrons. The van der Waals surface area contributed by atoms with Crippen LogP contribution in [0, 0.1) is 0 Å². The maximum atomic E-state index is 5.09. The lowest BCUT2D eigenvalue weighted by atomic mass is 10.6. The quantitative estimate of drug-likeness (QED) is 0.701. The van der Waals surface area contributed by atoms with Crippen LogP contribution in [-0.2, 0) is 0 Å². The molecule has 2 aromatic heterocycles. The van der Waals surface area contributed by atoms with Crippen LogP contribution < -0.4 is 14.2 Å². The minimum atomic E-state index is 0.183. The number of aromatic nitrogens is 6. The van der Waals surface area contributed by atoms with E-state index in [9.17, 15) is 0 Å². The van der Waals surface area contributed by atoms with Crippen molar-refractivity contribution < 1.29 is 14.2 Å². The van der Waals surface area contributed by atoms with Crippen molar-refractivity contribution in [3.05, 3.63) is 6.20 Å². The van der Waals surface area contributed by atoms with Gasteiger partial charge in [0.2, 0.25) is 11.7 Å². The van der Waals surface area contributed by atoms with Gasteiger partial charge in [-0.3, -0.25) is 0 Å². The van der Waals surface area contributed by atoms with E-state index in [-0.39, 0.29) is 11.9 Å². The molecule has 0 radical (unpaired) electrons. The SMILES string of the molecule is COc1cnc(-n2nnnc2OC)c(OC)n1. The van der Waals surface area contributed by atoms with Crippen LogP contribution in [0.1, 0.15) is 0 Å². The lowest BCUT2D eigenvalue weighted by Crippen LogP contribution is -2.07. The summed E-state index contributed by atoms with van der Waals surface area (Å²) in [5.74, 6) is 0.878. The van der Waals surface area contributed by atoms with E-state index in [1.54, 1.807) is 0 Å². The summed E-state index contributed by atoms with van der Waals surface area (Å²) in [7, 11) is 4.40. The van der Waals surface area contributed by atoms with Crippen molar-refractivity contribution in [1.82, 2.24) is 30.2 Å². The maximum Gasteiger partial charge on any atom is 0.341 e. The smallest absolute Gasteiger partial charge is 0.341 e. The third-order valence-electron chi connectivity index (χ3n) is 1.93. The van der Waals surface area contributed by atoms with Gasteiger partial charge in [-0.2, -0.15) is 4.98 Å². The first kappa shape index (κ1) is 11.0. The molecule has 2 heterocycles. The van der Waals surface area contributed by atoms with E-state index in [0.29, 0.717) is 11.7 Å². The van der Waals surface area contributed by atoms with Crippen LogP contribution in [0.5, 0.6) is 17.8 Å². The second-order valence-electron chi connectivity index (χ2n) is 2.82. The van der Waals surface area contributed by atoms with Gasteiger partial charge in [-0.25, -0.2) is 4.98 Å². The first-order valence-corrected chi connectivity index (χ1v) is 4.58. The van der Waals surface area contributed by atoms with Crippen LogP contribution in [0.2, 0.25) is 0 Å². The van der Waals surface area contributed by atoms with Gasteiger partial charge in [0.25, 0.3) is 5.88 Å². The van der Waals surface area contributed by atoms with Crippen molar-refractivity contribution >= 4 is 0 Å². The number of rotatable bonds is 4. The molecule has 0 saturated heterocycles. The molecule has 0 bridgehead atoms. The summed E-state index contributed by atoms with van der Waals surface area (Å²) in [6, 6.07) is 0.183. The summed E-state index contributed by atoms with van der Waals surface area (Å²) in [5, 5.41) is 10.9. The predicted molar refractivity (Wildman–Crippen MR) is 54.4 cm³/mol. The number of methoxy groups -OCH3 is 3. The second-order valence-corrected chi connectivity index (χ2v) is 2.82. The molecule has 9 heteroatoms. The molecule has 0 N–H and O–H groups in total. The van der Waals surface area contributed by atoms with E-state index in [2.05, 4.69) is 25.5 Å². The average Bonchev–Trinajstić information content (AvgIpc) is 2.85. The van der Waals surface area contributed by atoms with Crippen LogP contribution in [0.4, 0.5) is 0 Å². The Morgan fingerprint density at radius 3 is 2.59 bits per heavy atom. The summed E-state index contributed by atoms with van der Waals surface area (Å²) in [5.41, 5.74) is 0. The van der Waals surface area contributed by atoms with Crippen LogP contribution in [0.15, 0.2) is 6.20 Å². The minimum Gasteiger partial charge on any atom is -0.480 e. The molecule has 0 aromatic carbocycles.